The smallest absolute Gasteiger partial charge is 0.394 e. The van der Waals surface area contributed by atoms with Crippen LogP contribution in [-0.2, 0) is 10.9 Å². The van der Waals surface area contributed by atoms with Crippen molar-refractivity contribution in [3.63, 3.8) is 0 Å². The van der Waals surface area contributed by atoms with Gasteiger partial charge in [-0.1, -0.05) is 11.6 Å². The van der Waals surface area contributed by atoms with Crippen molar-refractivity contribution in [3.05, 3.63) is 35.1 Å². The molecule has 158 valence electrons. The summed E-state index contributed by atoms with van der Waals surface area (Å²) in [6.45, 7) is 0.0928. The highest BCUT2D eigenvalue weighted by atomic mass is 35.5. The number of hydrogen-bond donors (Lipinski definition) is 2. The maximum atomic E-state index is 12.9. The standard InChI is InChI=1S/C16H16ClF3N4O4S/c17-13-10(14(25)23-29(26)27)2-3-11(21-13)24-8-4-12(22-24)28-9-1-5-15(6-7-15)16(18,19)20/h2-4,8,29H,1,5-7,9H2,(H,23,25,26,27). The summed E-state index contributed by atoms with van der Waals surface area (Å²) < 4.78 is 68.1. The van der Waals surface area contributed by atoms with Gasteiger partial charge in [0.05, 0.1) is 17.6 Å². The van der Waals surface area contributed by atoms with Crippen molar-refractivity contribution in [1.82, 2.24) is 19.5 Å². The number of ether oxygens (including phenoxy) is 1. The van der Waals surface area contributed by atoms with Gasteiger partial charge in [-0.05, 0) is 37.8 Å². The minimum atomic E-state index is -4.17. The van der Waals surface area contributed by atoms with Crippen LogP contribution in [0.15, 0.2) is 24.4 Å². The van der Waals surface area contributed by atoms with Crippen LogP contribution in [0.3, 0.4) is 0 Å². The summed E-state index contributed by atoms with van der Waals surface area (Å²) in [5, 5.41) is 3.87. The number of amides is 1. The largest absolute Gasteiger partial charge is 0.477 e. The Morgan fingerprint density at radius 2 is 2.03 bits per heavy atom. The topological polar surface area (TPSA) is 103 Å². The molecule has 0 saturated heterocycles. The van der Waals surface area contributed by atoms with Gasteiger partial charge in [-0.15, -0.1) is 5.10 Å². The molecule has 3 rings (SSSR count). The van der Waals surface area contributed by atoms with Gasteiger partial charge in [0.15, 0.2) is 5.82 Å². The second-order valence-electron chi connectivity index (χ2n) is 6.53. The number of hydrogen-bond acceptors (Lipinski definition) is 6. The molecule has 1 fully saturated rings. The van der Waals surface area contributed by atoms with Crippen LogP contribution in [0.4, 0.5) is 13.2 Å². The Hall–Kier alpha value is -2.34. The quantitative estimate of drug-likeness (QED) is 0.362. The maximum Gasteiger partial charge on any atom is 0.394 e. The second-order valence-corrected chi connectivity index (χ2v) is 7.63. The van der Waals surface area contributed by atoms with Crippen LogP contribution in [0.25, 0.3) is 5.82 Å². The number of rotatable bonds is 8. The molecule has 0 aromatic carbocycles. The third-order valence-electron chi connectivity index (χ3n) is 4.58. The van der Waals surface area contributed by atoms with E-state index < -0.39 is 28.4 Å². The number of nitrogens with one attached hydrogen (secondary N) is 1. The monoisotopic (exact) mass is 452 g/mol. The van der Waals surface area contributed by atoms with Crippen LogP contribution in [0.1, 0.15) is 36.0 Å². The van der Waals surface area contributed by atoms with E-state index in [1.165, 1.54) is 29.1 Å². The summed E-state index contributed by atoms with van der Waals surface area (Å²) in [5.74, 6) is -0.478. The lowest BCUT2D eigenvalue weighted by Gasteiger charge is -2.18. The molecule has 0 radical (unpaired) electrons. The lowest BCUT2D eigenvalue weighted by Crippen LogP contribution is -2.24. The number of thiol groups is 1. The van der Waals surface area contributed by atoms with Gasteiger partial charge in [0, 0.05) is 12.3 Å². The number of aromatic nitrogens is 3. The molecule has 1 amide bonds. The van der Waals surface area contributed by atoms with Crippen molar-refractivity contribution in [2.24, 2.45) is 5.41 Å². The number of carbonyl (C=O) groups is 1. The fourth-order valence-electron chi connectivity index (χ4n) is 2.79. The molecule has 29 heavy (non-hydrogen) atoms. The Bertz CT molecular complexity index is 981. The zero-order chi connectivity index (χ0) is 21.2. The predicted octanol–water partition coefficient (Wildman–Crippen LogP) is 2.68. The minimum absolute atomic E-state index is 0.0206. The van der Waals surface area contributed by atoms with Crippen molar-refractivity contribution < 1.29 is 31.1 Å². The molecular weight excluding hydrogens is 437 g/mol. The first kappa shape index (κ1) is 21.4. The molecule has 8 nitrogen and oxygen atoms in total. The van der Waals surface area contributed by atoms with Crippen molar-refractivity contribution in [2.75, 3.05) is 6.61 Å². The number of carbonyl (C=O) groups excluding carboxylic acids is 1. The lowest BCUT2D eigenvalue weighted by atomic mass is 10.0. The van der Waals surface area contributed by atoms with Crippen molar-refractivity contribution in [3.8, 4) is 11.7 Å². The van der Waals surface area contributed by atoms with E-state index in [9.17, 15) is 26.4 Å². The van der Waals surface area contributed by atoms with Gasteiger partial charge < -0.3 is 4.74 Å². The summed E-state index contributed by atoms with van der Waals surface area (Å²) in [4.78, 5) is 15.7. The van der Waals surface area contributed by atoms with Crippen molar-refractivity contribution >= 4 is 28.4 Å². The van der Waals surface area contributed by atoms with Gasteiger partial charge in [-0.3, -0.25) is 9.52 Å². The highest BCUT2D eigenvalue weighted by molar-refractivity contribution is 7.71. The van der Waals surface area contributed by atoms with E-state index >= 15 is 0 Å². The highest BCUT2D eigenvalue weighted by Crippen LogP contribution is 2.60. The molecule has 1 aliphatic rings. The molecule has 13 heteroatoms. The fourth-order valence-corrected chi connectivity index (χ4v) is 3.31. The summed E-state index contributed by atoms with van der Waals surface area (Å²) in [5.41, 5.74) is -1.68. The molecule has 0 spiro atoms. The first-order valence-corrected chi connectivity index (χ1v) is 10.0. The first-order chi connectivity index (χ1) is 13.6. The van der Waals surface area contributed by atoms with Gasteiger partial charge in [0.1, 0.15) is 5.15 Å². The van der Waals surface area contributed by atoms with E-state index in [1.54, 1.807) is 4.72 Å². The van der Waals surface area contributed by atoms with Gasteiger partial charge in [-0.2, -0.15) is 13.2 Å². The number of alkyl halides is 3. The maximum absolute atomic E-state index is 12.9. The van der Waals surface area contributed by atoms with Crippen LogP contribution < -0.4 is 9.46 Å². The Morgan fingerprint density at radius 3 is 2.62 bits per heavy atom. The Morgan fingerprint density at radius 1 is 1.31 bits per heavy atom. The van der Waals surface area contributed by atoms with Gasteiger partial charge in [0.2, 0.25) is 16.8 Å². The molecule has 1 N–H and O–H groups in total. The summed E-state index contributed by atoms with van der Waals surface area (Å²) in [7, 11) is -3.12. The molecule has 2 aromatic heterocycles. The van der Waals surface area contributed by atoms with Crippen molar-refractivity contribution in [1.29, 1.82) is 0 Å². The molecule has 1 aliphatic carbocycles. The lowest BCUT2D eigenvalue weighted by molar-refractivity contribution is -0.189. The molecular formula is C16H16ClF3N4O4S. The Balaban J connectivity index is 1.57. The third kappa shape index (κ3) is 4.99. The molecule has 2 aromatic rings. The highest BCUT2D eigenvalue weighted by Gasteiger charge is 2.62. The molecule has 2 heterocycles. The number of pyridine rings is 1. The Kier molecular flexibility index (Phi) is 6.03. The SMILES string of the molecule is O=C(N[SH](=O)=O)c1ccc(-n2ccc(OCCCC3(C(F)(F)F)CC3)n2)nc1Cl. The van der Waals surface area contributed by atoms with Gasteiger partial charge in [-0.25, -0.2) is 18.1 Å². The van der Waals surface area contributed by atoms with Crippen LogP contribution in [0, 0.1) is 5.41 Å². The zero-order valence-corrected chi connectivity index (χ0v) is 16.4. The van der Waals surface area contributed by atoms with E-state index in [-0.39, 0.29) is 54.7 Å². The summed E-state index contributed by atoms with van der Waals surface area (Å²) >= 11 is 5.92. The van der Waals surface area contributed by atoms with Gasteiger partial charge in [0.25, 0.3) is 5.91 Å². The molecule has 0 aliphatic heterocycles. The van der Waals surface area contributed by atoms with Crippen LogP contribution >= 0.6 is 11.6 Å². The number of halogens is 4. The van der Waals surface area contributed by atoms with E-state index in [1.807, 2.05) is 0 Å². The third-order valence-corrected chi connectivity index (χ3v) is 5.25. The average Bonchev–Trinajstić information content (AvgIpc) is 3.28. The zero-order valence-electron chi connectivity index (χ0n) is 14.8. The minimum Gasteiger partial charge on any atom is -0.477 e. The van der Waals surface area contributed by atoms with E-state index in [0.717, 1.165) is 0 Å². The second kappa shape index (κ2) is 8.19. The molecule has 0 unspecified atom stereocenters. The number of nitrogens with zero attached hydrogens (tertiary/aromatic N) is 3. The first-order valence-electron chi connectivity index (χ1n) is 8.49. The van der Waals surface area contributed by atoms with Crippen LogP contribution in [0.2, 0.25) is 5.15 Å². The average molecular weight is 453 g/mol. The van der Waals surface area contributed by atoms with Crippen molar-refractivity contribution in [2.45, 2.75) is 31.9 Å². The predicted molar refractivity (Wildman–Crippen MR) is 96.6 cm³/mol. The fraction of sp³-hybridized carbons (Fsp3) is 0.438. The Labute approximate surface area is 170 Å². The summed E-state index contributed by atoms with van der Waals surface area (Å²) in [6, 6.07) is 4.19. The molecule has 1 saturated carbocycles. The van der Waals surface area contributed by atoms with Gasteiger partial charge >= 0.3 is 6.18 Å². The van der Waals surface area contributed by atoms with E-state index in [4.69, 9.17) is 16.3 Å². The summed E-state index contributed by atoms with van der Waals surface area (Å²) in [6.07, 6.45) is -2.07. The molecule has 0 atom stereocenters. The van der Waals surface area contributed by atoms with Crippen LogP contribution in [-0.4, -0.2) is 41.9 Å². The van der Waals surface area contributed by atoms with E-state index in [2.05, 4.69) is 10.1 Å². The molecule has 0 bridgehead atoms. The van der Waals surface area contributed by atoms with E-state index in [0.29, 0.717) is 0 Å². The van der Waals surface area contributed by atoms with Crippen LogP contribution in [0.5, 0.6) is 5.88 Å². The normalized spacial score (nSPS) is 15.3.